The van der Waals surface area contributed by atoms with Crippen LogP contribution in [0.3, 0.4) is 0 Å². The fourth-order valence-corrected chi connectivity index (χ4v) is 3.21. The zero-order chi connectivity index (χ0) is 14.0. The third-order valence-corrected chi connectivity index (χ3v) is 4.73. The van der Waals surface area contributed by atoms with Gasteiger partial charge in [-0.05, 0) is 38.6 Å². The number of piperidine rings is 1. The van der Waals surface area contributed by atoms with Crippen LogP contribution in [0, 0.1) is 5.92 Å². The van der Waals surface area contributed by atoms with Gasteiger partial charge in [0.25, 0.3) is 0 Å². The van der Waals surface area contributed by atoms with Gasteiger partial charge in [-0.3, -0.25) is 9.58 Å². The minimum atomic E-state index is 0.596. The Morgan fingerprint density at radius 2 is 2.16 bits per heavy atom. The van der Waals surface area contributed by atoms with Crippen molar-refractivity contribution < 1.29 is 0 Å². The van der Waals surface area contributed by atoms with E-state index in [2.05, 4.69) is 23.8 Å². The summed E-state index contributed by atoms with van der Waals surface area (Å²) in [6, 6.07) is 0.596. The molecule has 2 atom stereocenters. The molecule has 0 saturated carbocycles. The van der Waals surface area contributed by atoms with Crippen molar-refractivity contribution in [1.29, 1.82) is 0 Å². The largest absolute Gasteiger partial charge is 0.330 e. The van der Waals surface area contributed by atoms with Gasteiger partial charge in [0.1, 0.15) is 0 Å². The molecule has 1 aromatic rings. The van der Waals surface area contributed by atoms with Gasteiger partial charge >= 0.3 is 0 Å². The van der Waals surface area contributed by atoms with Gasteiger partial charge < -0.3 is 5.73 Å². The van der Waals surface area contributed by atoms with E-state index >= 15 is 0 Å². The average Bonchev–Trinajstić information content (AvgIpc) is 2.68. The molecule has 5 heteroatoms. The number of rotatable bonds is 4. The fourth-order valence-electron chi connectivity index (χ4n) is 2.86. The monoisotopic (exact) mass is 284 g/mol. The first kappa shape index (κ1) is 14.8. The molecule has 1 fully saturated rings. The molecule has 0 aromatic carbocycles. The van der Waals surface area contributed by atoms with E-state index in [4.69, 9.17) is 17.3 Å². The summed E-state index contributed by atoms with van der Waals surface area (Å²) in [5, 5.41) is 5.33. The van der Waals surface area contributed by atoms with Crippen LogP contribution >= 0.6 is 11.6 Å². The second kappa shape index (κ2) is 6.25. The van der Waals surface area contributed by atoms with Gasteiger partial charge in [-0.2, -0.15) is 5.10 Å². The quantitative estimate of drug-likeness (QED) is 0.922. The lowest BCUT2D eigenvalue weighted by atomic mass is 9.93. The highest BCUT2D eigenvalue weighted by molar-refractivity contribution is 6.31. The summed E-state index contributed by atoms with van der Waals surface area (Å²) in [7, 11) is 1.98. The Balaban J connectivity index is 2.13. The van der Waals surface area contributed by atoms with Crippen LogP contribution in [0.15, 0.2) is 0 Å². The molecular formula is C14H25ClN4. The van der Waals surface area contributed by atoms with Crippen LogP contribution in [0.1, 0.15) is 38.1 Å². The first-order valence-corrected chi connectivity index (χ1v) is 7.58. The van der Waals surface area contributed by atoms with E-state index in [1.165, 1.54) is 12.8 Å². The molecule has 4 nitrogen and oxygen atoms in total. The van der Waals surface area contributed by atoms with Gasteiger partial charge in [-0.25, -0.2) is 0 Å². The zero-order valence-electron chi connectivity index (χ0n) is 12.2. The molecule has 2 N–H and O–H groups in total. The molecule has 0 aliphatic carbocycles. The maximum atomic E-state index is 6.43. The predicted octanol–water partition coefficient (Wildman–Crippen LogP) is 2.20. The van der Waals surface area contributed by atoms with E-state index in [9.17, 15) is 0 Å². The average molecular weight is 285 g/mol. The Morgan fingerprint density at radius 1 is 1.42 bits per heavy atom. The standard InChI is InChI=1S/C14H25ClN4/c1-4-12-14(15)13(18(3)17-12)9-19-8-11(7-16)6-5-10(19)2/h10-11H,4-9,16H2,1-3H3. The summed E-state index contributed by atoms with van der Waals surface area (Å²) in [4.78, 5) is 2.49. The van der Waals surface area contributed by atoms with Gasteiger partial charge in [-0.1, -0.05) is 18.5 Å². The molecule has 2 rings (SSSR count). The minimum absolute atomic E-state index is 0.596. The van der Waals surface area contributed by atoms with E-state index in [0.717, 1.165) is 42.5 Å². The summed E-state index contributed by atoms with van der Waals surface area (Å²) < 4.78 is 1.93. The second-order valence-electron chi connectivity index (χ2n) is 5.64. The van der Waals surface area contributed by atoms with Crippen LogP contribution in [0.4, 0.5) is 0 Å². The fraction of sp³-hybridized carbons (Fsp3) is 0.786. The summed E-state index contributed by atoms with van der Waals surface area (Å²) in [6.07, 6.45) is 3.35. The Kier molecular flexibility index (Phi) is 4.87. The van der Waals surface area contributed by atoms with E-state index < -0.39 is 0 Å². The van der Waals surface area contributed by atoms with E-state index in [1.807, 2.05) is 11.7 Å². The number of aromatic nitrogens is 2. The molecule has 1 aromatic heterocycles. The molecule has 19 heavy (non-hydrogen) atoms. The number of nitrogens with zero attached hydrogens (tertiary/aromatic N) is 3. The molecular weight excluding hydrogens is 260 g/mol. The molecule has 2 heterocycles. The summed E-state index contributed by atoms with van der Waals surface area (Å²) >= 11 is 6.43. The zero-order valence-corrected chi connectivity index (χ0v) is 13.0. The van der Waals surface area contributed by atoms with Gasteiger partial charge in [0, 0.05) is 26.2 Å². The van der Waals surface area contributed by atoms with Gasteiger partial charge in [-0.15, -0.1) is 0 Å². The van der Waals surface area contributed by atoms with Crippen molar-refractivity contribution in [3.63, 3.8) is 0 Å². The Hall–Kier alpha value is -0.580. The minimum Gasteiger partial charge on any atom is -0.330 e. The van der Waals surface area contributed by atoms with Crippen molar-refractivity contribution in [3.8, 4) is 0 Å². The first-order valence-electron chi connectivity index (χ1n) is 7.21. The maximum absolute atomic E-state index is 6.43. The molecule has 0 bridgehead atoms. The SMILES string of the molecule is CCc1nn(C)c(CN2CC(CN)CCC2C)c1Cl. The van der Waals surface area contributed by atoms with Crippen molar-refractivity contribution in [2.24, 2.45) is 18.7 Å². The molecule has 108 valence electrons. The Labute approximate surface area is 120 Å². The maximum Gasteiger partial charge on any atom is 0.0863 e. The van der Waals surface area contributed by atoms with E-state index in [1.54, 1.807) is 0 Å². The van der Waals surface area contributed by atoms with E-state index in [0.29, 0.717) is 12.0 Å². The topological polar surface area (TPSA) is 47.1 Å². The van der Waals surface area contributed by atoms with Crippen LogP contribution in [-0.2, 0) is 20.0 Å². The highest BCUT2D eigenvalue weighted by Crippen LogP contribution is 2.27. The highest BCUT2D eigenvalue weighted by atomic mass is 35.5. The van der Waals surface area contributed by atoms with Crippen LogP contribution in [0.25, 0.3) is 0 Å². The lowest BCUT2D eigenvalue weighted by molar-refractivity contribution is 0.110. The van der Waals surface area contributed by atoms with Gasteiger partial charge in [0.05, 0.1) is 16.4 Å². The summed E-state index contributed by atoms with van der Waals surface area (Å²) in [5.74, 6) is 0.619. The highest BCUT2D eigenvalue weighted by Gasteiger charge is 2.26. The van der Waals surface area contributed by atoms with Gasteiger partial charge in [0.15, 0.2) is 0 Å². The number of hydrogen-bond donors (Lipinski definition) is 1. The van der Waals surface area contributed by atoms with Crippen molar-refractivity contribution in [1.82, 2.24) is 14.7 Å². The van der Waals surface area contributed by atoms with Crippen molar-refractivity contribution >= 4 is 11.6 Å². The van der Waals surface area contributed by atoms with Crippen molar-refractivity contribution in [2.45, 2.75) is 45.7 Å². The Morgan fingerprint density at radius 3 is 2.74 bits per heavy atom. The van der Waals surface area contributed by atoms with Crippen LogP contribution in [-0.4, -0.2) is 33.8 Å². The smallest absolute Gasteiger partial charge is 0.0863 e. The second-order valence-corrected chi connectivity index (χ2v) is 6.02. The molecule has 1 aliphatic heterocycles. The molecule has 0 spiro atoms. The number of likely N-dealkylation sites (tertiary alicyclic amines) is 1. The van der Waals surface area contributed by atoms with Crippen molar-refractivity contribution in [3.05, 3.63) is 16.4 Å². The Bertz CT molecular complexity index is 429. The number of hydrogen-bond acceptors (Lipinski definition) is 3. The summed E-state index contributed by atoms with van der Waals surface area (Å²) in [5.41, 5.74) is 7.95. The third-order valence-electron chi connectivity index (χ3n) is 4.30. The number of halogens is 1. The first-order chi connectivity index (χ1) is 9.06. The normalized spacial score (nSPS) is 24.9. The lowest BCUT2D eigenvalue weighted by Gasteiger charge is -2.37. The van der Waals surface area contributed by atoms with Crippen LogP contribution in [0.2, 0.25) is 5.02 Å². The van der Waals surface area contributed by atoms with Crippen LogP contribution < -0.4 is 5.73 Å². The number of aryl methyl sites for hydroxylation is 2. The summed E-state index contributed by atoms with van der Waals surface area (Å²) in [6.45, 7) is 7.10. The molecule has 0 amide bonds. The third kappa shape index (κ3) is 3.12. The predicted molar refractivity (Wildman–Crippen MR) is 79.2 cm³/mol. The lowest BCUT2D eigenvalue weighted by Crippen LogP contribution is -2.43. The molecule has 1 aliphatic rings. The van der Waals surface area contributed by atoms with Gasteiger partial charge in [0.2, 0.25) is 0 Å². The van der Waals surface area contributed by atoms with Crippen molar-refractivity contribution in [2.75, 3.05) is 13.1 Å². The number of nitrogens with two attached hydrogens (primary N) is 1. The molecule has 1 saturated heterocycles. The molecule has 0 radical (unpaired) electrons. The van der Waals surface area contributed by atoms with Crippen LogP contribution in [0.5, 0.6) is 0 Å². The van der Waals surface area contributed by atoms with E-state index in [-0.39, 0.29) is 0 Å². The molecule has 2 unspecified atom stereocenters.